The average molecular weight is 314 g/mol. The monoisotopic (exact) mass is 314 g/mol. The second kappa shape index (κ2) is 5.68. The highest BCUT2D eigenvalue weighted by atomic mass is 19.1. The molecule has 0 aliphatic heterocycles. The lowest BCUT2D eigenvalue weighted by Gasteiger charge is -2.07. The number of rotatable bonds is 3. The first-order chi connectivity index (χ1) is 11.0. The quantitative estimate of drug-likeness (QED) is 0.771. The Bertz CT molecular complexity index is 958. The molecular formula is C16H15FN4O2. The predicted octanol–water partition coefficient (Wildman–Crippen LogP) is 1.64. The molecule has 3 rings (SSSR count). The van der Waals surface area contributed by atoms with Crippen molar-refractivity contribution in [2.75, 3.05) is 0 Å². The van der Waals surface area contributed by atoms with E-state index in [0.717, 1.165) is 11.4 Å². The number of amides is 1. The van der Waals surface area contributed by atoms with Crippen molar-refractivity contribution in [3.05, 3.63) is 63.5 Å². The van der Waals surface area contributed by atoms with Crippen LogP contribution in [0.1, 0.15) is 21.9 Å². The first-order valence-electron chi connectivity index (χ1n) is 7.05. The van der Waals surface area contributed by atoms with Gasteiger partial charge >= 0.3 is 0 Å². The largest absolute Gasteiger partial charge is 0.348 e. The van der Waals surface area contributed by atoms with Crippen LogP contribution in [0.15, 0.2) is 35.1 Å². The summed E-state index contributed by atoms with van der Waals surface area (Å²) in [5, 5.41) is 7.09. The van der Waals surface area contributed by atoms with E-state index in [2.05, 4.69) is 15.4 Å². The maximum absolute atomic E-state index is 13.8. The van der Waals surface area contributed by atoms with Gasteiger partial charge in [-0.15, -0.1) is 0 Å². The topological polar surface area (TPSA) is 79.8 Å². The molecule has 0 saturated heterocycles. The Hall–Kier alpha value is -2.96. The number of pyridine rings is 1. The van der Waals surface area contributed by atoms with Crippen LogP contribution in [-0.2, 0) is 13.6 Å². The van der Waals surface area contributed by atoms with Gasteiger partial charge in [-0.2, -0.15) is 5.10 Å². The van der Waals surface area contributed by atoms with Gasteiger partial charge in [0.05, 0.1) is 23.4 Å². The minimum atomic E-state index is -0.573. The first kappa shape index (κ1) is 15.0. The van der Waals surface area contributed by atoms with Gasteiger partial charge in [0, 0.05) is 18.5 Å². The van der Waals surface area contributed by atoms with Crippen LogP contribution in [0.5, 0.6) is 0 Å². The third-order valence-electron chi connectivity index (χ3n) is 3.59. The SMILES string of the molecule is Cc1cc(CNC(=O)c2cc(=O)c3cccc(F)c3[nH]2)n(C)n1. The molecule has 23 heavy (non-hydrogen) atoms. The fourth-order valence-corrected chi connectivity index (χ4v) is 2.45. The number of carbonyl (C=O) groups is 1. The summed E-state index contributed by atoms with van der Waals surface area (Å²) in [5.74, 6) is -1.05. The Labute approximate surface area is 130 Å². The van der Waals surface area contributed by atoms with Crippen molar-refractivity contribution in [1.82, 2.24) is 20.1 Å². The normalized spacial score (nSPS) is 10.9. The summed E-state index contributed by atoms with van der Waals surface area (Å²) in [7, 11) is 1.78. The van der Waals surface area contributed by atoms with Crippen LogP contribution in [0, 0.1) is 12.7 Å². The average Bonchev–Trinajstić information content (AvgIpc) is 2.83. The van der Waals surface area contributed by atoms with Gasteiger partial charge in [-0.1, -0.05) is 6.07 Å². The molecule has 2 aromatic heterocycles. The zero-order chi connectivity index (χ0) is 16.6. The van der Waals surface area contributed by atoms with E-state index >= 15 is 0 Å². The Balaban J connectivity index is 1.88. The summed E-state index contributed by atoms with van der Waals surface area (Å²) < 4.78 is 15.5. The molecule has 0 aliphatic carbocycles. The van der Waals surface area contributed by atoms with Crippen molar-refractivity contribution in [2.24, 2.45) is 7.05 Å². The van der Waals surface area contributed by atoms with Gasteiger partial charge in [0.1, 0.15) is 11.5 Å². The number of benzene rings is 1. The number of aromatic nitrogens is 3. The van der Waals surface area contributed by atoms with E-state index in [-0.39, 0.29) is 23.1 Å². The molecule has 118 valence electrons. The molecule has 0 bridgehead atoms. The van der Waals surface area contributed by atoms with Gasteiger partial charge < -0.3 is 10.3 Å². The molecule has 0 radical (unpaired) electrons. The summed E-state index contributed by atoms with van der Waals surface area (Å²) in [5.41, 5.74) is 1.32. The van der Waals surface area contributed by atoms with Gasteiger partial charge in [-0.25, -0.2) is 4.39 Å². The van der Waals surface area contributed by atoms with E-state index in [9.17, 15) is 14.0 Å². The molecule has 0 atom stereocenters. The van der Waals surface area contributed by atoms with Crippen molar-refractivity contribution in [3.63, 3.8) is 0 Å². The van der Waals surface area contributed by atoms with Gasteiger partial charge in [0.15, 0.2) is 5.43 Å². The third-order valence-corrected chi connectivity index (χ3v) is 3.59. The molecule has 1 amide bonds. The zero-order valence-electron chi connectivity index (χ0n) is 12.7. The Morgan fingerprint density at radius 3 is 2.87 bits per heavy atom. The van der Waals surface area contributed by atoms with Gasteiger partial charge in [0.25, 0.3) is 5.91 Å². The molecule has 2 heterocycles. The van der Waals surface area contributed by atoms with E-state index in [4.69, 9.17) is 0 Å². The number of nitrogens with one attached hydrogen (secondary N) is 2. The van der Waals surface area contributed by atoms with Crippen LogP contribution in [0.25, 0.3) is 10.9 Å². The molecule has 2 N–H and O–H groups in total. The molecule has 6 nitrogen and oxygen atoms in total. The fourth-order valence-electron chi connectivity index (χ4n) is 2.45. The van der Waals surface area contributed by atoms with Gasteiger partial charge in [0.2, 0.25) is 0 Å². The summed E-state index contributed by atoms with van der Waals surface area (Å²) in [6, 6.07) is 7.22. The molecule has 0 saturated carbocycles. The summed E-state index contributed by atoms with van der Waals surface area (Å²) >= 11 is 0. The highest BCUT2D eigenvalue weighted by Gasteiger charge is 2.12. The number of H-pyrrole nitrogens is 1. The van der Waals surface area contributed by atoms with E-state index in [0.29, 0.717) is 0 Å². The van der Waals surface area contributed by atoms with Crippen molar-refractivity contribution >= 4 is 16.8 Å². The molecule has 0 unspecified atom stereocenters. The fraction of sp³-hybridized carbons (Fsp3) is 0.188. The number of para-hydroxylation sites is 1. The zero-order valence-corrected chi connectivity index (χ0v) is 12.7. The molecule has 1 aromatic carbocycles. The number of hydrogen-bond acceptors (Lipinski definition) is 3. The van der Waals surface area contributed by atoms with E-state index in [1.807, 2.05) is 13.0 Å². The van der Waals surface area contributed by atoms with E-state index in [1.165, 1.54) is 24.3 Å². The van der Waals surface area contributed by atoms with Crippen LogP contribution < -0.4 is 10.7 Å². The van der Waals surface area contributed by atoms with Crippen LogP contribution in [-0.4, -0.2) is 20.7 Å². The number of halogens is 1. The number of fused-ring (bicyclic) bond motifs is 1. The van der Waals surface area contributed by atoms with Crippen molar-refractivity contribution < 1.29 is 9.18 Å². The lowest BCUT2D eigenvalue weighted by atomic mass is 10.2. The number of carbonyl (C=O) groups excluding carboxylic acids is 1. The van der Waals surface area contributed by atoms with E-state index in [1.54, 1.807) is 11.7 Å². The highest BCUT2D eigenvalue weighted by Crippen LogP contribution is 2.12. The van der Waals surface area contributed by atoms with Crippen molar-refractivity contribution in [3.8, 4) is 0 Å². The predicted molar refractivity (Wildman–Crippen MR) is 83.6 cm³/mol. The molecule has 3 aromatic rings. The smallest absolute Gasteiger partial charge is 0.268 e. The summed E-state index contributed by atoms with van der Waals surface area (Å²) in [6.07, 6.45) is 0. The maximum atomic E-state index is 13.8. The standard InChI is InChI=1S/C16H15FN4O2/c1-9-6-10(21(2)20-9)8-18-16(23)13-7-14(22)11-4-3-5-12(17)15(11)19-13/h3-7H,8H2,1-2H3,(H,18,23)(H,19,22). The molecule has 0 spiro atoms. The first-order valence-corrected chi connectivity index (χ1v) is 7.05. The molecular weight excluding hydrogens is 299 g/mol. The number of nitrogens with zero attached hydrogens (tertiary/aromatic N) is 2. The van der Waals surface area contributed by atoms with Gasteiger partial charge in [-0.05, 0) is 25.1 Å². The minimum Gasteiger partial charge on any atom is -0.348 e. The van der Waals surface area contributed by atoms with Crippen LogP contribution in [0.2, 0.25) is 0 Å². The number of hydrogen-bond donors (Lipinski definition) is 2. The van der Waals surface area contributed by atoms with Crippen LogP contribution in [0.4, 0.5) is 4.39 Å². The van der Waals surface area contributed by atoms with Crippen molar-refractivity contribution in [2.45, 2.75) is 13.5 Å². The van der Waals surface area contributed by atoms with Crippen LogP contribution >= 0.6 is 0 Å². The summed E-state index contributed by atoms with van der Waals surface area (Å²) in [6.45, 7) is 2.11. The molecule has 0 aliphatic rings. The minimum absolute atomic E-state index is 0.0199. The Morgan fingerprint density at radius 2 is 2.17 bits per heavy atom. The van der Waals surface area contributed by atoms with Crippen molar-refractivity contribution in [1.29, 1.82) is 0 Å². The number of aryl methyl sites for hydroxylation is 2. The second-order valence-electron chi connectivity index (χ2n) is 5.29. The Kier molecular flexibility index (Phi) is 3.69. The number of aromatic amines is 1. The second-order valence-corrected chi connectivity index (χ2v) is 5.29. The lowest BCUT2D eigenvalue weighted by Crippen LogP contribution is -2.26. The maximum Gasteiger partial charge on any atom is 0.268 e. The lowest BCUT2D eigenvalue weighted by molar-refractivity contribution is 0.0945. The third kappa shape index (κ3) is 2.85. The van der Waals surface area contributed by atoms with E-state index < -0.39 is 17.2 Å². The van der Waals surface area contributed by atoms with Gasteiger partial charge in [-0.3, -0.25) is 14.3 Å². The molecule has 7 heteroatoms. The Morgan fingerprint density at radius 1 is 1.39 bits per heavy atom. The highest BCUT2D eigenvalue weighted by molar-refractivity contribution is 5.94. The summed E-state index contributed by atoms with van der Waals surface area (Å²) in [4.78, 5) is 26.9. The van der Waals surface area contributed by atoms with Crippen LogP contribution in [0.3, 0.4) is 0 Å². The molecule has 0 fully saturated rings.